The van der Waals surface area contributed by atoms with Crippen LogP contribution in [0.1, 0.15) is 58.6 Å². The van der Waals surface area contributed by atoms with Crippen LogP contribution < -0.4 is 4.74 Å². The molecule has 0 bridgehead atoms. The van der Waals surface area contributed by atoms with E-state index in [1.165, 1.54) is 0 Å². The number of amides is 2. The van der Waals surface area contributed by atoms with Crippen molar-refractivity contribution in [3.63, 3.8) is 0 Å². The first-order chi connectivity index (χ1) is 17.2. The number of nitrogens with zero attached hydrogens (tertiary/aromatic N) is 2. The monoisotopic (exact) mass is 502 g/mol. The standard InChI is InChI=1S/C27H38N2O7/c1-18(19-15-22(33-12-6-11-32-5)21-9-13-34-23(21)16-19)29(20-7-8-20)25(30)24-17-28(10-14-35-24)26(31)36-27(2,3)4/h9,13,15-16,18,20,24H,6-8,10-12,14,17H2,1-5H3/t18?,24-/m1/s1. The van der Waals surface area contributed by atoms with Crippen molar-refractivity contribution in [1.29, 1.82) is 0 Å². The zero-order valence-corrected chi connectivity index (χ0v) is 22.0. The summed E-state index contributed by atoms with van der Waals surface area (Å²) >= 11 is 0. The molecule has 1 saturated carbocycles. The van der Waals surface area contributed by atoms with Gasteiger partial charge in [-0.1, -0.05) is 0 Å². The molecule has 2 aliphatic rings. The quantitative estimate of drug-likeness (QED) is 0.465. The maximum atomic E-state index is 13.7. The minimum Gasteiger partial charge on any atom is -0.493 e. The number of carbonyl (C=O) groups excluding carboxylic acids is 2. The van der Waals surface area contributed by atoms with Gasteiger partial charge in [-0.05, 0) is 64.3 Å². The molecule has 9 heteroatoms. The number of hydrogen-bond donors (Lipinski definition) is 0. The van der Waals surface area contributed by atoms with Crippen molar-refractivity contribution < 1.29 is 33.0 Å². The molecule has 36 heavy (non-hydrogen) atoms. The number of morpholine rings is 1. The highest BCUT2D eigenvalue weighted by atomic mass is 16.6. The van der Waals surface area contributed by atoms with Gasteiger partial charge in [-0.2, -0.15) is 0 Å². The lowest BCUT2D eigenvalue weighted by Crippen LogP contribution is -2.54. The predicted octanol–water partition coefficient (Wildman–Crippen LogP) is 4.54. The number of fused-ring (bicyclic) bond motifs is 1. The summed E-state index contributed by atoms with van der Waals surface area (Å²) in [5.41, 5.74) is 1.05. The smallest absolute Gasteiger partial charge is 0.410 e. The Balaban J connectivity index is 1.51. The number of ether oxygens (including phenoxy) is 4. The Morgan fingerprint density at radius 2 is 2.00 bits per heavy atom. The van der Waals surface area contributed by atoms with Crippen molar-refractivity contribution in [2.45, 2.75) is 70.7 Å². The molecular formula is C27H38N2O7. The first kappa shape index (κ1) is 26.3. The molecule has 2 heterocycles. The first-order valence-corrected chi connectivity index (χ1v) is 12.7. The van der Waals surface area contributed by atoms with Gasteiger partial charge >= 0.3 is 6.09 Å². The maximum absolute atomic E-state index is 13.7. The summed E-state index contributed by atoms with van der Waals surface area (Å²) in [5.74, 6) is 0.618. The molecule has 1 unspecified atom stereocenters. The average Bonchev–Trinajstić information content (AvgIpc) is 3.55. The lowest BCUT2D eigenvalue weighted by atomic mass is 10.0. The van der Waals surface area contributed by atoms with Gasteiger partial charge in [0.15, 0.2) is 6.10 Å². The van der Waals surface area contributed by atoms with Crippen molar-refractivity contribution >= 4 is 23.0 Å². The number of carbonyl (C=O) groups is 2. The fourth-order valence-electron chi connectivity index (χ4n) is 4.46. The van der Waals surface area contributed by atoms with E-state index in [2.05, 4.69) is 0 Å². The molecule has 2 aromatic rings. The largest absolute Gasteiger partial charge is 0.493 e. The van der Waals surface area contributed by atoms with Crippen molar-refractivity contribution in [3.8, 4) is 5.75 Å². The van der Waals surface area contributed by atoms with Crippen LogP contribution in [0.3, 0.4) is 0 Å². The van der Waals surface area contributed by atoms with Crippen LogP contribution in [0.25, 0.3) is 11.0 Å². The van der Waals surface area contributed by atoms with E-state index in [1.54, 1.807) is 18.3 Å². The Hall–Kier alpha value is -2.78. The second-order valence-corrected chi connectivity index (χ2v) is 10.5. The van der Waals surface area contributed by atoms with Gasteiger partial charge in [0.1, 0.15) is 16.9 Å². The third-order valence-corrected chi connectivity index (χ3v) is 6.39. The Morgan fingerprint density at radius 1 is 1.22 bits per heavy atom. The Bertz CT molecular complexity index is 1060. The lowest BCUT2D eigenvalue weighted by molar-refractivity contribution is -0.151. The molecule has 1 aliphatic carbocycles. The normalized spacial score (nSPS) is 19.2. The second kappa shape index (κ2) is 11.1. The number of furan rings is 1. The highest BCUT2D eigenvalue weighted by Crippen LogP contribution is 2.38. The van der Waals surface area contributed by atoms with E-state index in [9.17, 15) is 9.59 Å². The molecule has 1 saturated heterocycles. The van der Waals surface area contributed by atoms with E-state index in [1.807, 2.05) is 50.8 Å². The summed E-state index contributed by atoms with van der Waals surface area (Å²) in [6.45, 7) is 9.51. The van der Waals surface area contributed by atoms with Crippen molar-refractivity contribution in [1.82, 2.24) is 9.80 Å². The molecule has 198 valence electrons. The molecule has 2 atom stereocenters. The molecule has 9 nitrogen and oxygen atoms in total. The molecule has 2 amide bonds. The molecule has 0 spiro atoms. The summed E-state index contributed by atoms with van der Waals surface area (Å²) in [7, 11) is 1.67. The van der Waals surface area contributed by atoms with Crippen molar-refractivity contribution in [2.24, 2.45) is 0 Å². The minimum absolute atomic E-state index is 0.111. The zero-order chi connectivity index (χ0) is 25.9. The molecule has 0 radical (unpaired) electrons. The molecule has 0 N–H and O–H groups in total. The van der Waals surface area contributed by atoms with E-state index in [-0.39, 0.29) is 24.5 Å². The highest BCUT2D eigenvalue weighted by Gasteiger charge is 2.42. The molecular weight excluding hydrogens is 464 g/mol. The van der Waals surface area contributed by atoms with Crippen LogP contribution in [-0.4, -0.2) is 79.6 Å². The number of methoxy groups -OCH3 is 1. The summed E-state index contributed by atoms with van der Waals surface area (Å²) in [6.07, 6.45) is 3.16. The Labute approximate surface area is 212 Å². The third kappa shape index (κ3) is 6.31. The molecule has 1 aliphatic heterocycles. The fraction of sp³-hybridized carbons (Fsp3) is 0.630. The van der Waals surface area contributed by atoms with Gasteiger partial charge in [-0.15, -0.1) is 0 Å². The van der Waals surface area contributed by atoms with E-state index < -0.39 is 17.8 Å². The molecule has 4 rings (SSSR count). The minimum atomic E-state index is -0.730. The van der Waals surface area contributed by atoms with Gasteiger partial charge in [-0.3, -0.25) is 4.79 Å². The van der Waals surface area contributed by atoms with Gasteiger partial charge in [0.2, 0.25) is 0 Å². The van der Waals surface area contributed by atoms with Crippen LogP contribution in [-0.2, 0) is 19.0 Å². The van der Waals surface area contributed by atoms with Gasteiger partial charge in [0, 0.05) is 32.7 Å². The molecule has 1 aromatic carbocycles. The average molecular weight is 503 g/mol. The topological polar surface area (TPSA) is 90.7 Å². The van der Waals surface area contributed by atoms with Crippen LogP contribution in [0.4, 0.5) is 4.79 Å². The van der Waals surface area contributed by atoms with E-state index >= 15 is 0 Å². The van der Waals surface area contributed by atoms with E-state index in [0.717, 1.165) is 36.0 Å². The molecule has 2 fully saturated rings. The summed E-state index contributed by atoms with van der Waals surface area (Å²) in [5, 5.41) is 0.899. The van der Waals surface area contributed by atoms with Gasteiger partial charge in [0.05, 0.1) is 37.4 Å². The fourth-order valence-corrected chi connectivity index (χ4v) is 4.46. The lowest BCUT2D eigenvalue weighted by Gasteiger charge is -2.38. The van der Waals surface area contributed by atoms with Crippen molar-refractivity contribution in [2.75, 3.05) is 40.0 Å². The summed E-state index contributed by atoms with van der Waals surface area (Å²) in [4.78, 5) is 29.8. The van der Waals surface area contributed by atoms with Crippen LogP contribution in [0.2, 0.25) is 0 Å². The van der Waals surface area contributed by atoms with Crippen LogP contribution in [0.5, 0.6) is 5.75 Å². The van der Waals surface area contributed by atoms with Crippen molar-refractivity contribution in [3.05, 3.63) is 30.0 Å². The Morgan fingerprint density at radius 3 is 2.69 bits per heavy atom. The van der Waals surface area contributed by atoms with Gasteiger partial charge in [-0.25, -0.2) is 4.79 Å². The predicted molar refractivity (Wildman–Crippen MR) is 134 cm³/mol. The first-order valence-electron chi connectivity index (χ1n) is 12.7. The number of benzene rings is 1. The van der Waals surface area contributed by atoms with Crippen LogP contribution >= 0.6 is 0 Å². The number of hydrogen-bond acceptors (Lipinski definition) is 7. The SMILES string of the molecule is COCCCOc1cc(C(C)N(C(=O)[C@H]2CN(C(=O)OC(C)(C)C)CCO2)C2CC2)cc2occc12. The summed E-state index contributed by atoms with van der Waals surface area (Å²) in [6, 6.07) is 5.78. The van der Waals surface area contributed by atoms with Gasteiger partial charge in [0.25, 0.3) is 5.91 Å². The Kier molecular flexibility index (Phi) is 8.10. The number of rotatable bonds is 9. The van der Waals surface area contributed by atoms with Crippen LogP contribution in [0.15, 0.2) is 28.9 Å². The third-order valence-electron chi connectivity index (χ3n) is 6.39. The zero-order valence-electron chi connectivity index (χ0n) is 22.0. The molecule has 1 aromatic heterocycles. The van der Waals surface area contributed by atoms with Gasteiger partial charge < -0.3 is 33.2 Å². The second-order valence-electron chi connectivity index (χ2n) is 10.5. The van der Waals surface area contributed by atoms with E-state index in [0.29, 0.717) is 31.9 Å². The summed E-state index contributed by atoms with van der Waals surface area (Å²) < 4.78 is 28.2. The highest BCUT2D eigenvalue weighted by molar-refractivity contribution is 5.86. The van der Waals surface area contributed by atoms with E-state index in [4.69, 9.17) is 23.4 Å². The van der Waals surface area contributed by atoms with Crippen LogP contribution in [0, 0.1) is 0 Å². The maximum Gasteiger partial charge on any atom is 0.410 e.